The number of carbonyl (C=O) groups excluding carboxylic acids is 2. The van der Waals surface area contributed by atoms with E-state index >= 15 is 0 Å². The fourth-order valence-electron chi connectivity index (χ4n) is 1.80. The summed E-state index contributed by atoms with van der Waals surface area (Å²) in [7, 11) is 1.32. The summed E-state index contributed by atoms with van der Waals surface area (Å²) in [6.07, 6.45) is 0.995. The summed E-state index contributed by atoms with van der Waals surface area (Å²) in [6.45, 7) is 0. The summed E-state index contributed by atoms with van der Waals surface area (Å²) < 4.78 is 5.04. The maximum atomic E-state index is 12.1. The number of rotatable bonds is 9. The Labute approximate surface area is 125 Å². The fourth-order valence-corrected chi connectivity index (χ4v) is 1.80. The smallest absolute Gasteiger partial charge is 0.326 e. The maximum absolute atomic E-state index is 12.1. The quantitative estimate of drug-likeness (QED) is 0.332. The maximum Gasteiger partial charge on any atom is 0.326 e. The van der Waals surface area contributed by atoms with Crippen LogP contribution in [0.15, 0.2) is 18.3 Å². The lowest BCUT2D eigenvalue weighted by molar-refractivity contribution is -0.144. The fraction of sp³-hybridized carbons (Fsp3) is 0.385. The first-order valence-electron chi connectivity index (χ1n) is 6.39. The molecule has 0 aromatic carbocycles. The molecule has 2 unspecified atom stereocenters. The first kappa shape index (κ1) is 17.3. The molecule has 9 nitrogen and oxygen atoms in total. The summed E-state index contributed by atoms with van der Waals surface area (Å²) in [4.78, 5) is 39.8. The summed E-state index contributed by atoms with van der Waals surface area (Å²) in [5, 5.41) is 11.4. The lowest BCUT2D eigenvalue weighted by Crippen LogP contribution is -2.43. The van der Waals surface area contributed by atoms with Crippen LogP contribution in [0, 0.1) is 0 Å². The van der Waals surface area contributed by atoms with Crippen molar-refractivity contribution in [1.29, 1.82) is 0 Å². The van der Waals surface area contributed by atoms with Gasteiger partial charge in [-0.3, -0.25) is 9.59 Å². The van der Waals surface area contributed by atoms with Gasteiger partial charge in [0.25, 0.3) is 5.91 Å². The summed E-state index contributed by atoms with van der Waals surface area (Å²) in [6, 6.07) is 2.05. The number of aromatic nitrogens is 1. The molecule has 0 saturated heterocycles. The van der Waals surface area contributed by atoms with Crippen molar-refractivity contribution < 1.29 is 29.0 Å². The van der Waals surface area contributed by atoms with Gasteiger partial charge in [-0.2, -0.15) is 4.79 Å². The molecule has 1 rings (SSSR count). The molecule has 0 aliphatic heterocycles. The number of hydrogen-bond acceptors (Lipinski definition) is 4. The van der Waals surface area contributed by atoms with Crippen molar-refractivity contribution in [3.8, 4) is 0 Å². The number of hydrogen-bond donors (Lipinski definition) is 3. The van der Waals surface area contributed by atoms with E-state index in [0.717, 1.165) is 0 Å². The topological polar surface area (TPSA) is 145 Å². The third kappa shape index (κ3) is 4.97. The third-order valence-electron chi connectivity index (χ3n) is 2.87. The van der Waals surface area contributed by atoms with E-state index in [0.29, 0.717) is 11.9 Å². The Morgan fingerprint density at radius 3 is 2.77 bits per heavy atom. The third-order valence-corrected chi connectivity index (χ3v) is 2.87. The zero-order chi connectivity index (χ0) is 16.5. The molecule has 0 bridgehead atoms. The van der Waals surface area contributed by atoms with Gasteiger partial charge in [0.1, 0.15) is 6.04 Å². The minimum Gasteiger partial charge on any atom is -0.480 e. The Morgan fingerprint density at radius 2 is 2.27 bits per heavy atom. The standard InChI is InChI=1S/C13H16N4O5/c1-22-11(9-3-2-6-15-9)12(19)17-10(13(20)21)5-4-8(18)7-16-14/h2-3,6-7,10-11,15H,4-5H2,1H3,(H,17,19)(H,20,21). The molecular formula is C13H16N4O5. The predicted octanol–water partition coefficient (Wildman–Crippen LogP) is -0.0785. The van der Waals surface area contributed by atoms with Gasteiger partial charge in [-0.25, -0.2) is 4.79 Å². The van der Waals surface area contributed by atoms with E-state index in [1.54, 1.807) is 18.3 Å². The Bertz CT molecular complexity index is 577. The SMILES string of the molecule is COC(C(=O)NC(CCC(=O)C=[N+]=[N-])C(=O)O)c1ccc[nH]1. The second-order valence-corrected chi connectivity index (χ2v) is 4.39. The number of nitrogens with one attached hydrogen (secondary N) is 2. The average molecular weight is 308 g/mol. The van der Waals surface area contributed by atoms with Crippen molar-refractivity contribution in [3.63, 3.8) is 0 Å². The normalized spacial score (nSPS) is 12.8. The van der Waals surface area contributed by atoms with E-state index in [2.05, 4.69) is 15.1 Å². The number of aliphatic carboxylic acids is 1. The lowest BCUT2D eigenvalue weighted by atomic mass is 10.1. The van der Waals surface area contributed by atoms with Crippen LogP contribution in [0.4, 0.5) is 0 Å². The molecular weight excluding hydrogens is 292 g/mol. The molecule has 1 heterocycles. The van der Waals surface area contributed by atoms with Crippen molar-refractivity contribution in [2.24, 2.45) is 0 Å². The van der Waals surface area contributed by atoms with Gasteiger partial charge < -0.3 is 25.7 Å². The van der Waals surface area contributed by atoms with Gasteiger partial charge in [0.2, 0.25) is 5.78 Å². The number of H-pyrrole nitrogens is 1. The van der Waals surface area contributed by atoms with Crippen LogP contribution in [-0.2, 0) is 19.1 Å². The molecule has 0 aliphatic carbocycles. The monoisotopic (exact) mass is 308 g/mol. The van der Waals surface area contributed by atoms with Gasteiger partial charge in [-0.05, 0) is 18.6 Å². The average Bonchev–Trinajstić information content (AvgIpc) is 2.98. The highest BCUT2D eigenvalue weighted by atomic mass is 16.5. The number of ketones is 1. The molecule has 118 valence electrons. The number of aromatic amines is 1. The molecule has 0 spiro atoms. The molecule has 0 aliphatic rings. The second kappa shape index (κ2) is 8.50. The number of carboxylic acids is 1. The summed E-state index contributed by atoms with van der Waals surface area (Å²) >= 11 is 0. The minimum absolute atomic E-state index is 0.132. The van der Waals surface area contributed by atoms with Crippen LogP contribution in [0.5, 0.6) is 0 Å². The molecule has 0 saturated carbocycles. The number of ether oxygens (including phenoxy) is 1. The van der Waals surface area contributed by atoms with Gasteiger partial charge in [0, 0.05) is 19.7 Å². The van der Waals surface area contributed by atoms with Crippen LogP contribution in [-0.4, -0.2) is 51.9 Å². The lowest BCUT2D eigenvalue weighted by Gasteiger charge is -2.18. The molecule has 0 fully saturated rings. The van der Waals surface area contributed by atoms with E-state index in [4.69, 9.17) is 15.4 Å². The Hall–Kier alpha value is -2.77. The van der Waals surface area contributed by atoms with Gasteiger partial charge in [-0.15, -0.1) is 0 Å². The molecule has 3 N–H and O–H groups in total. The summed E-state index contributed by atoms with van der Waals surface area (Å²) in [5.41, 5.74) is 8.69. The molecule has 1 amide bonds. The number of amides is 1. The molecule has 1 aromatic rings. The van der Waals surface area contributed by atoms with Gasteiger partial charge >= 0.3 is 12.2 Å². The molecule has 22 heavy (non-hydrogen) atoms. The number of methoxy groups -OCH3 is 1. The van der Waals surface area contributed by atoms with E-state index < -0.39 is 29.8 Å². The van der Waals surface area contributed by atoms with Crippen LogP contribution in [0.25, 0.3) is 5.53 Å². The summed E-state index contributed by atoms with van der Waals surface area (Å²) in [5.74, 6) is -2.46. The highest BCUT2D eigenvalue weighted by molar-refractivity contribution is 6.25. The van der Waals surface area contributed by atoms with Crippen LogP contribution in [0.3, 0.4) is 0 Å². The highest BCUT2D eigenvalue weighted by Gasteiger charge is 2.27. The zero-order valence-corrected chi connectivity index (χ0v) is 11.9. The van der Waals surface area contributed by atoms with Crippen molar-refractivity contribution in [2.75, 3.05) is 7.11 Å². The van der Waals surface area contributed by atoms with E-state index in [-0.39, 0.29) is 12.8 Å². The van der Waals surface area contributed by atoms with Crippen molar-refractivity contribution in [2.45, 2.75) is 25.0 Å². The van der Waals surface area contributed by atoms with Crippen molar-refractivity contribution in [1.82, 2.24) is 10.3 Å². The van der Waals surface area contributed by atoms with Crippen LogP contribution < -0.4 is 5.32 Å². The zero-order valence-electron chi connectivity index (χ0n) is 11.9. The van der Waals surface area contributed by atoms with Crippen LogP contribution in [0.1, 0.15) is 24.6 Å². The van der Waals surface area contributed by atoms with Gasteiger partial charge in [0.15, 0.2) is 6.10 Å². The number of carbonyl (C=O) groups is 3. The molecule has 0 radical (unpaired) electrons. The number of Topliss-reactive ketones (excluding diaryl/α,β-unsaturated/α-hetero) is 1. The first-order chi connectivity index (χ1) is 10.5. The van der Waals surface area contributed by atoms with Gasteiger partial charge in [-0.1, -0.05) is 0 Å². The Kier molecular flexibility index (Phi) is 6.68. The van der Waals surface area contributed by atoms with Crippen LogP contribution in [0.2, 0.25) is 0 Å². The highest BCUT2D eigenvalue weighted by Crippen LogP contribution is 2.15. The van der Waals surface area contributed by atoms with E-state index in [1.165, 1.54) is 7.11 Å². The molecule has 9 heteroatoms. The first-order valence-corrected chi connectivity index (χ1v) is 6.39. The Balaban J connectivity index is 2.69. The minimum atomic E-state index is -1.27. The molecule has 2 atom stereocenters. The number of nitrogens with zero attached hydrogens (tertiary/aromatic N) is 2. The van der Waals surface area contributed by atoms with Crippen molar-refractivity contribution >= 4 is 23.9 Å². The number of carboxylic acid groups (broad SMARTS) is 1. The van der Waals surface area contributed by atoms with E-state index in [1.807, 2.05) is 0 Å². The van der Waals surface area contributed by atoms with Crippen molar-refractivity contribution in [3.05, 3.63) is 29.6 Å². The largest absolute Gasteiger partial charge is 0.480 e. The van der Waals surface area contributed by atoms with Crippen LogP contribution >= 0.6 is 0 Å². The van der Waals surface area contributed by atoms with Gasteiger partial charge in [0.05, 0.1) is 5.69 Å². The molecule has 1 aromatic heterocycles. The predicted molar refractivity (Wildman–Crippen MR) is 74.0 cm³/mol. The Morgan fingerprint density at radius 1 is 1.55 bits per heavy atom. The van der Waals surface area contributed by atoms with E-state index in [9.17, 15) is 14.4 Å². The second-order valence-electron chi connectivity index (χ2n) is 4.39.